The third kappa shape index (κ3) is 39.1. The SMILES string of the molecule is CCCCOCCOCCOCCOCC(C)(O)c1cccc(C(C)(O)COCCOCCOCCOCCCC)c1.COCCOCCOCCOCC(C)(O)c1cccc(C(C)(O)COCCOCCOCCOC)c1. The van der Waals surface area contributed by atoms with Crippen LogP contribution in [0.25, 0.3) is 0 Å². The molecule has 2 aromatic carbocycles. The first kappa shape index (κ1) is 73.7. The molecule has 0 aliphatic carbocycles. The molecule has 0 saturated heterocycles. The molecule has 0 amide bonds. The van der Waals surface area contributed by atoms with Gasteiger partial charge in [-0.1, -0.05) is 63.1 Å². The predicted octanol–water partition coefficient (Wildman–Crippen LogP) is 5.33. The van der Waals surface area contributed by atoms with Crippen LogP contribution in [-0.4, -0.2) is 233 Å². The van der Waals surface area contributed by atoms with Gasteiger partial charge in [-0.2, -0.15) is 0 Å². The van der Waals surface area contributed by atoms with Gasteiger partial charge in [0.25, 0.3) is 0 Å². The Hall–Kier alpha value is -2.36. The van der Waals surface area contributed by atoms with Gasteiger partial charge in [-0.3, -0.25) is 0 Å². The highest BCUT2D eigenvalue weighted by molar-refractivity contribution is 5.32. The molecule has 456 valence electrons. The molecule has 0 aliphatic rings. The number of hydrogen-bond donors (Lipinski definition) is 4. The predicted molar refractivity (Wildman–Crippen MR) is 296 cm³/mol. The van der Waals surface area contributed by atoms with E-state index in [1.54, 1.807) is 72.2 Å². The van der Waals surface area contributed by atoms with E-state index < -0.39 is 22.4 Å². The van der Waals surface area contributed by atoms with E-state index in [4.69, 9.17) is 75.8 Å². The summed E-state index contributed by atoms with van der Waals surface area (Å²) in [6.45, 7) is 24.4. The number of methoxy groups -OCH3 is 2. The Balaban J connectivity index is 0.000000789. The Morgan fingerprint density at radius 1 is 0.282 bits per heavy atom. The summed E-state index contributed by atoms with van der Waals surface area (Å²) < 4.78 is 86.7. The lowest BCUT2D eigenvalue weighted by Gasteiger charge is -2.28. The van der Waals surface area contributed by atoms with Crippen molar-refractivity contribution in [1.29, 1.82) is 0 Å². The van der Waals surface area contributed by atoms with Gasteiger partial charge < -0.3 is 96.2 Å². The quantitative estimate of drug-likeness (QED) is 0.0614. The van der Waals surface area contributed by atoms with E-state index in [0.717, 1.165) is 38.9 Å². The summed E-state index contributed by atoms with van der Waals surface area (Å²) >= 11 is 0. The molecule has 0 saturated carbocycles. The molecule has 0 radical (unpaired) electrons. The van der Waals surface area contributed by atoms with Crippen molar-refractivity contribution >= 4 is 0 Å². The second-order valence-electron chi connectivity index (χ2n) is 19.3. The molecule has 4 atom stereocenters. The maximum absolute atomic E-state index is 11.0. The summed E-state index contributed by atoms with van der Waals surface area (Å²) in [5.74, 6) is 0. The van der Waals surface area contributed by atoms with E-state index in [9.17, 15) is 20.4 Å². The molecule has 0 fully saturated rings. The first-order valence-electron chi connectivity index (χ1n) is 27.8. The highest BCUT2D eigenvalue weighted by atomic mass is 16.6. The van der Waals surface area contributed by atoms with E-state index in [0.29, 0.717) is 181 Å². The zero-order valence-electron chi connectivity index (χ0n) is 49.0. The molecule has 4 unspecified atom stereocenters. The van der Waals surface area contributed by atoms with Gasteiger partial charge in [0.05, 0.1) is 185 Å². The van der Waals surface area contributed by atoms with Gasteiger partial charge in [-0.15, -0.1) is 0 Å². The summed E-state index contributed by atoms with van der Waals surface area (Å²) in [5, 5.41) is 43.9. The van der Waals surface area contributed by atoms with E-state index in [-0.39, 0.29) is 26.4 Å². The lowest BCUT2D eigenvalue weighted by atomic mass is 9.90. The molecule has 2 rings (SSSR count). The second-order valence-corrected chi connectivity index (χ2v) is 19.3. The lowest BCUT2D eigenvalue weighted by molar-refractivity contribution is -0.0593. The van der Waals surface area contributed by atoms with E-state index >= 15 is 0 Å². The molecule has 0 spiro atoms. The third-order valence-electron chi connectivity index (χ3n) is 11.6. The fourth-order valence-corrected chi connectivity index (χ4v) is 6.77. The third-order valence-corrected chi connectivity index (χ3v) is 11.6. The van der Waals surface area contributed by atoms with Crippen LogP contribution in [0, 0.1) is 0 Å². The summed E-state index contributed by atoms with van der Waals surface area (Å²) in [5.41, 5.74) is -2.33. The summed E-state index contributed by atoms with van der Waals surface area (Å²) in [6, 6.07) is 14.4. The minimum Gasteiger partial charge on any atom is -0.383 e. The van der Waals surface area contributed by atoms with Crippen LogP contribution in [0.1, 0.15) is 89.5 Å². The van der Waals surface area contributed by atoms with Gasteiger partial charge in [0.2, 0.25) is 0 Å². The van der Waals surface area contributed by atoms with Gasteiger partial charge in [-0.05, 0) is 74.9 Å². The molecule has 4 N–H and O–H groups in total. The highest BCUT2D eigenvalue weighted by Crippen LogP contribution is 2.29. The van der Waals surface area contributed by atoms with Crippen molar-refractivity contribution < 1.29 is 96.2 Å². The molecular weight excluding hydrogens is 1020 g/mol. The van der Waals surface area contributed by atoms with Crippen LogP contribution >= 0.6 is 0 Å². The van der Waals surface area contributed by atoms with Gasteiger partial charge in [0.1, 0.15) is 22.4 Å². The number of ether oxygens (including phenoxy) is 16. The van der Waals surface area contributed by atoms with Crippen molar-refractivity contribution in [1.82, 2.24) is 0 Å². The Labute approximate surface area is 467 Å². The maximum Gasteiger partial charge on any atom is 0.110 e. The fraction of sp³-hybridized carbons (Fsp3) is 0.793. The van der Waals surface area contributed by atoms with Gasteiger partial charge >= 0.3 is 0 Å². The normalized spacial score (nSPS) is 14.8. The minimum atomic E-state index is -1.23. The molecule has 20 nitrogen and oxygen atoms in total. The van der Waals surface area contributed by atoms with Gasteiger partial charge in [0.15, 0.2) is 0 Å². The number of aliphatic hydroxyl groups is 4. The van der Waals surface area contributed by atoms with Crippen molar-refractivity contribution in [2.24, 2.45) is 0 Å². The molecule has 2 aromatic rings. The average molecular weight is 1120 g/mol. The molecular formula is C58H104O20. The van der Waals surface area contributed by atoms with Crippen molar-refractivity contribution in [3.63, 3.8) is 0 Å². The number of rotatable bonds is 54. The average Bonchev–Trinajstić information content (AvgIpc) is 3.43. The van der Waals surface area contributed by atoms with Crippen LogP contribution in [0.5, 0.6) is 0 Å². The molecule has 0 aromatic heterocycles. The number of benzene rings is 2. The Bertz CT molecular complexity index is 1520. The summed E-state index contributed by atoms with van der Waals surface area (Å²) in [7, 11) is 3.26. The monoisotopic (exact) mass is 1120 g/mol. The number of hydrogen-bond acceptors (Lipinski definition) is 20. The lowest BCUT2D eigenvalue weighted by Crippen LogP contribution is -2.31. The second kappa shape index (κ2) is 48.2. The smallest absolute Gasteiger partial charge is 0.110 e. The molecule has 20 heteroatoms. The number of unbranched alkanes of at least 4 members (excludes halogenated alkanes) is 2. The first-order chi connectivity index (χ1) is 37.7. The molecule has 0 bridgehead atoms. The zero-order valence-corrected chi connectivity index (χ0v) is 49.0. The first-order valence-corrected chi connectivity index (χ1v) is 27.8. The fourth-order valence-electron chi connectivity index (χ4n) is 6.77. The molecule has 78 heavy (non-hydrogen) atoms. The van der Waals surface area contributed by atoms with Crippen LogP contribution in [0.3, 0.4) is 0 Å². The topological polar surface area (TPSA) is 229 Å². The standard InChI is InChI=1S/C32H58O10.C26H46O10/c1-5-7-12-35-14-16-37-18-20-39-22-24-41-27-31(3,33)29-10-9-11-30(26-29)32(4,34)28-42-25-23-40-21-19-38-17-15-36-13-8-6-2;1-25(27,21-35-18-16-33-14-12-31-10-8-29-3)23-6-5-7-24(20-23)26(2,28)22-36-19-17-34-15-13-32-11-9-30-4/h9-11,26,33-34H,5-8,12-25,27-28H2,1-4H3;5-7,20,27-28H,8-19,21-22H2,1-4H3. The Kier molecular flexibility index (Phi) is 45.5. The molecule has 0 aliphatic heterocycles. The van der Waals surface area contributed by atoms with Crippen molar-refractivity contribution in [3.8, 4) is 0 Å². The Morgan fingerprint density at radius 2 is 0.462 bits per heavy atom. The van der Waals surface area contributed by atoms with Crippen LogP contribution in [0.4, 0.5) is 0 Å². The van der Waals surface area contributed by atoms with Crippen LogP contribution in [0.15, 0.2) is 48.5 Å². The minimum absolute atomic E-state index is 0.0926. The summed E-state index contributed by atoms with van der Waals surface area (Å²) in [6.07, 6.45) is 4.39. The summed E-state index contributed by atoms with van der Waals surface area (Å²) in [4.78, 5) is 0. The van der Waals surface area contributed by atoms with E-state index in [1.165, 1.54) is 0 Å². The van der Waals surface area contributed by atoms with E-state index in [2.05, 4.69) is 13.8 Å². The van der Waals surface area contributed by atoms with Crippen LogP contribution < -0.4 is 0 Å². The van der Waals surface area contributed by atoms with Crippen molar-refractivity contribution in [3.05, 3.63) is 70.8 Å². The zero-order chi connectivity index (χ0) is 57.3. The van der Waals surface area contributed by atoms with Gasteiger partial charge in [0, 0.05) is 27.4 Å². The van der Waals surface area contributed by atoms with Crippen molar-refractivity contribution in [2.75, 3.05) is 212 Å². The van der Waals surface area contributed by atoms with Crippen molar-refractivity contribution in [2.45, 2.75) is 89.6 Å². The molecule has 0 heterocycles. The highest BCUT2D eigenvalue weighted by Gasteiger charge is 2.30. The van der Waals surface area contributed by atoms with Crippen LogP contribution in [0.2, 0.25) is 0 Å². The largest absolute Gasteiger partial charge is 0.383 e. The van der Waals surface area contributed by atoms with Gasteiger partial charge in [-0.25, -0.2) is 0 Å². The van der Waals surface area contributed by atoms with E-state index in [1.807, 2.05) is 18.2 Å². The maximum atomic E-state index is 11.0. The Morgan fingerprint density at radius 3 is 0.654 bits per heavy atom. The van der Waals surface area contributed by atoms with Crippen LogP contribution in [-0.2, 0) is 98.2 Å².